The number of halogens is 1. The normalized spacial score (nSPS) is 10.7. The van der Waals surface area contributed by atoms with E-state index in [0.29, 0.717) is 25.2 Å². The summed E-state index contributed by atoms with van der Waals surface area (Å²) in [6.45, 7) is 2.35. The lowest BCUT2D eigenvalue weighted by molar-refractivity contribution is 0.0936. The van der Waals surface area contributed by atoms with E-state index >= 15 is 0 Å². The van der Waals surface area contributed by atoms with E-state index in [1.54, 1.807) is 12.1 Å². The third kappa shape index (κ3) is 6.36. The zero-order valence-corrected chi connectivity index (χ0v) is 16.4. The summed E-state index contributed by atoms with van der Waals surface area (Å²) in [6, 6.07) is 9.07. The Morgan fingerprint density at radius 3 is 2.39 bits per heavy atom. The number of anilines is 2. The second-order valence-corrected chi connectivity index (χ2v) is 6.53. The van der Waals surface area contributed by atoms with E-state index in [0.717, 1.165) is 13.0 Å². The van der Waals surface area contributed by atoms with E-state index in [1.807, 2.05) is 30.1 Å². The van der Waals surface area contributed by atoms with Crippen molar-refractivity contribution in [3.05, 3.63) is 46.7 Å². The van der Waals surface area contributed by atoms with Crippen molar-refractivity contribution in [2.24, 2.45) is 0 Å². The summed E-state index contributed by atoms with van der Waals surface area (Å²) >= 11 is 5.77. The Morgan fingerprint density at radius 1 is 1.00 bits per heavy atom. The Hall–Kier alpha value is -2.91. The number of amides is 2. The predicted molar refractivity (Wildman–Crippen MR) is 109 cm³/mol. The topological polar surface area (TPSA) is 139 Å². The molecule has 0 unspecified atom stereocenters. The molecule has 28 heavy (non-hydrogen) atoms. The summed E-state index contributed by atoms with van der Waals surface area (Å²) in [5, 5.41) is 5.53. The van der Waals surface area contributed by atoms with Crippen LogP contribution in [0.3, 0.4) is 0 Å². The van der Waals surface area contributed by atoms with Crippen molar-refractivity contribution in [3.63, 3.8) is 0 Å². The minimum absolute atomic E-state index is 0.0187. The second kappa shape index (κ2) is 10.4. The van der Waals surface area contributed by atoms with Crippen molar-refractivity contribution in [1.82, 2.24) is 25.5 Å². The molecular formula is C18H24ClN7O2. The number of aromatic nitrogens is 2. The van der Waals surface area contributed by atoms with Gasteiger partial charge in [0, 0.05) is 25.2 Å². The van der Waals surface area contributed by atoms with Crippen molar-refractivity contribution >= 4 is 35.1 Å². The van der Waals surface area contributed by atoms with Crippen LogP contribution in [0, 0.1) is 0 Å². The van der Waals surface area contributed by atoms with Crippen molar-refractivity contribution in [1.29, 1.82) is 0 Å². The fourth-order valence-corrected chi connectivity index (χ4v) is 2.53. The number of nitrogens with zero attached hydrogens (tertiary/aromatic N) is 3. The molecule has 0 spiro atoms. The number of hydrogen-bond donors (Lipinski definition) is 4. The summed E-state index contributed by atoms with van der Waals surface area (Å²) in [5.74, 6) is -0.636. The minimum Gasteiger partial charge on any atom is -0.382 e. The van der Waals surface area contributed by atoms with Crippen molar-refractivity contribution in [2.75, 3.05) is 44.7 Å². The molecule has 0 aliphatic carbocycles. The van der Waals surface area contributed by atoms with E-state index in [2.05, 4.69) is 20.6 Å². The molecule has 0 aliphatic rings. The highest BCUT2D eigenvalue weighted by Gasteiger charge is 2.15. The van der Waals surface area contributed by atoms with Gasteiger partial charge in [0.05, 0.1) is 0 Å². The van der Waals surface area contributed by atoms with Crippen LogP contribution in [-0.2, 0) is 0 Å². The average Bonchev–Trinajstić information content (AvgIpc) is 2.68. The number of nitrogens with two attached hydrogens (primary N) is 2. The van der Waals surface area contributed by atoms with Crippen molar-refractivity contribution in [2.45, 2.75) is 6.42 Å². The number of hydrogen-bond acceptors (Lipinski definition) is 7. The van der Waals surface area contributed by atoms with Crippen LogP contribution in [0.5, 0.6) is 0 Å². The summed E-state index contributed by atoms with van der Waals surface area (Å²) < 4.78 is 0. The van der Waals surface area contributed by atoms with Gasteiger partial charge in [-0.2, -0.15) is 0 Å². The molecule has 9 nitrogen and oxygen atoms in total. The SMILES string of the molecule is CN(CCCNC(=O)c1ccccc1)CCNC(=O)c1nc(Cl)c(N)nc1N. The number of carbonyl (C=O) groups is 2. The number of nitrogen functional groups attached to an aromatic ring is 2. The zero-order valence-electron chi connectivity index (χ0n) is 15.6. The smallest absolute Gasteiger partial charge is 0.273 e. The van der Waals surface area contributed by atoms with Crippen LogP contribution in [0.2, 0.25) is 5.15 Å². The Morgan fingerprint density at radius 2 is 1.68 bits per heavy atom. The third-order valence-corrected chi connectivity index (χ3v) is 4.22. The van der Waals surface area contributed by atoms with E-state index in [1.165, 1.54) is 0 Å². The zero-order chi connectivity index (χ0) is 20.5. The maximum atomic E-state index is 12.1. The second-order valence-electron chi connectivity index (χ2n) is 6.17. The van der Waals surface area contributed by atoms with Gasteiger partial charge in [-0.25, -0.2) is 9.97 Å². The van der Waals surface area contributed by atoms with Crippen molar-refractivity contribution in [3.8, 4) is 0 Å². The first-order valence-electron chi connectivity index (χ1n) is 8.77. The molecular weight excluding hydrogens is 382 g/mol. The third-order valence-electron chi connectivity index (χ3n) is 3.94. The fraction of sp³-hybridized carbons (Fsp3) is 0.333. The highest BCUT2D eigenvalue weighted by molar-refractivity contribution is 6.31. The van der Waals surface area contributed by atoms with Gasteiger partial charge < -0.3 is 27.0 Å². The molecule has 1 aromatic carbocycles. The Balaban J connectivity index is 1.65. The Labute approximate surface area is 168 Å². The highest BCUT2D eigenvalue weighted by atomic mass is 35.5. The quantitative estimate of drug-likeness (QED) is 0.452. The molecule has 2 aromatic rings. The molecule has 2 amide bonds. The van der Waals surface area contributed by atoms with Crippen LogP contribution >= 0.6 is 11.6 Å². The first-order chi connectivity index (χ1) is 13.4. The molecule has 2 rings (SSSR count). The van der Waals surface area contributed by atoms with E-state index in [4.69, 9.17) is 23.1 Å². The van der Waals surface area contributed by atoms with Gasteiger partial charge >= 0.3 is 0 Å². The first-order valence-corrected chi connectivity index (χ1v) is 9.14. The molecule has 6 N–H and O–H groups in total. The summed E-state index contributed by atoms with van der Waals surface area (Å²) in [7, 11) is 1.93. The molecule has 0 saturated heterocycles. The van der Waals surface area contributed by atoms with Gasteiger partial charge in [0.1, 0.15) is 0 Å². The molecule has 0 radical (unpaired) electrons. The number of likely N-dealkylation sites (N-methyl/N-ethyl adjacent to an activating group) is 1. The maximum Gasteiger partial charge on any atom is 0.273 e. The van der Waals surface area contributed by atoms with Crippen molar-refractivity contribution < 1.29 is 9.59 Å². The summed E-state index contributed by atoms with van der Waals surface area (Å²) in [6.07, 6.45) is 0.787. The van der Waals surface area contributed by atoms with Crippen LogP contribution in [0.1, 0.15) is 27.3 Å². The number of rotatable bonds is 9. The first kappa shape index (κ1) is 21.4. The van der Waals surface area contributed by atoms with Gasteiger partial charge in [0.2, 0.25) is 0 Å². The highest BCUT2D eigenvalue weighted by Crippen LogP contribution is 2.17. The van der Waals surface area contributed by atoms with Crippen LogP contribution < -0.4 is 22.1 Å². The van der Waals surface area contributed by atoms with E-state index in [-0.39, 0.29) is 28.4 Å². The predicted octanol–water partition coefficient (Wildman–Crippen LogP) is 0.776. The largest absolute Gasteiger partial charge is 0.382 e. The summed E-state index contributed by atoms with van der Waals surface area (Å²) in [5.41, 5.74) is 11.7. The molecule has 150 valence electrons. The summed E-state index contributed by atoms with van der Waals surface area (Å²) in [4.78, 5) is 33.7. The monoisotopic (exact) mass is 405 g/mol. The Kier molecular flexibility index (Phi) is 7.97. The molecule has 0 saturated carbocycles. The van der Waals surface area contributed by atoms with Gasteiger partial charge in [-0.3, -0.25) is 9.59 Å². The van der Waals surface area contributed by atoms with Gasteiger partial charge in [-0.05, 0) is 32.1 Å². The average molecular weight is 406 g/mol. The van der Waals surface area contributed by atoms with Crippen LogP contribution in [0.15, 0.2) is 30.3 Å². The van der Waals surface area contributed by atoms with Crippen LogP contribution in [0.4, 0.5) is 11.6 Å². The molecule has 10 heteroatoms. The van der Waals surface area contributed by atoms with Crippen LogP contribution in [-0.4, -0.2) is 59.9 Å². The van der Waals surface area contributed by atoms with E-state index in [9.17, 15) is 9.59 Å². The lowest BCUT2D eigenvalue weighted by atomic mass is 10.2. The standard InChI is InChI=1S/C18H24ClN7O2/c1-26(10-5-8-22-17(27)12-6-3-2-4-7-12)11-9-23-18(28)13-15(20)25-16(21)14(19)24-13/h2-4,6-7H,5,8-11H2,1H3,(H,22,27)(H,23,28)(H4,20,21,25). The Bertz CT molecular complexity index is 817. The number of carbonyl (C=O) groups excluding carboxylic acids is 2. The van der Waals surface area contributed by atoms with Gasteiger partial charge in [-0.15, -0.1) is 0 Å². The minimum atomic E-state index is -0.463. The van der Waals surface area contributed by atoms with E-state index < -0.39 is 5.91 Å². The molecule has 0 bridgehead atoms. The molecule has 0 fully saturated rings. The molecule has 1 aromatic heterocycles. The molecule has 0 aliphatic heterocycles. The maximum absolute atomic E-state index is 12.1. The lowest BCUT2D eigenvalue weighted by Gasteiger charge is -2.17. The number of benzene rings is 1. The van der Waals surface area contributed by atoms with Gasteiger partial charge in [0.25, 0.3) is 11.8 Å². The number of nitrogens with one attached hydrogen (secondary N) is 2. The fourth-order valence-electron chi connectivity index (χ4n) is 2.41. The van der Waals surface area contributed by atoms with Crippen LogP contribution in [0.25, 0.3) is 0 Å². The molecule has 0 atom stereocenters. The van der Waals surface area contributed by atoms with Gasteiger partial charge in [-0.1, -0.05) is 29.8 Å². The van der Waals surface area contributed by atoms with Gasteiger partial charge in [0.15, 0.2) is 22.5 Å². The molecule has 1 heterocycles. The lowest BCUT2D eigenvalue weighted by Crippen LogP contribution is -2.35.